The fourth-order valence-corrected chi connectivity index (χ4v) is 6.62. The van der Waals surface area contributed by atoms with Crippen LogP contribution in [0.1, 0.15) is 32.0 Å². The van der Waals surface area contributed by atoms with Crippen LogP contribution in [0.25, 0.3) is 10.4 Å². The number of β-amino-alcohol motifs (C(OH)–C–C–N with tert-alkyl or cyclic N) is 1. The molecule has 12 heteroatoms. The Kier molecular flexibility index (Phi) is 9.32. The molecule has 3 N–H and O–H groups in total. The van der Waals surface area contributed by atoms with Crippen LogP contribution < -0.4 is 10.6 Å². The van der Waals surface area contributed by atoms with Gasteiger partial charge in [-0.1, -0.05) is 0 Å². The number of carbonyl (C=O) groups excluding carboxylic acids is 3. The molecule has 1 aromatic carbocycles. The first kappa shape index (κ1) is 28.0. The zero-order valence-electron chi connectivity index (χ0n) is 19.9. The molecule has 3 amide bonds. The molecule has 1 aliphatic rings. The summed E-state index contributed by atoms with van der Waals surface area (Å²) in [5, 5.41) is 15.5. The van der Waals surface area contributed by atoms with Gasteiger partial charge in [0.25, 0.3) is 0 Å². The number of hydrogen-bond donors (Lipinski definition) is 3. The third kappa shape index (κ3) is 6.41. The zero-order chi connectivity index (χ0) is 25.9. The van der Waals surface area contributed by atoms with Crippen molar-refractivity contribution in [3.05, 3.63) is 41.0 Å². The molecule has 0 radical (unpaired) electrons. The van der Waals surface area contributed by atoms with Crippen molar-refractivity contribution in [2.75, 3.05) is 6.54 Å². The van der Waals surface area contributed by atoms with Crippen molar-refractivity contribution in [3.8, 4) is 10.4 Å². The number of likely N-dealkylation sites (tertiary alicyclic amines) is 1. The SMILES string of the molecule is CC(=O)N[C@H](C(=O)N1C[C@H](O)[C@H](F)[C@H]1C(=O)NCc1ccc(-c2scnc2C)cc1)C(C)(C)[S][Tl]. The summed E-state index contributed by atoms with van der Waals surface area (Å²) >= 11 is 2.04. The van der Waals surface area contributed by atoms with E-state index < -0.39 is 46.8 Å². The van der Waals surface area contributed by atoms with Crippen LogP contribution in [0.2, 0.25) is 0 Å². The van der Waals surface area contributed by atoms with Gasteiger partial charge in [-0.05, 0) is 12.5 Å². The first-order valence-corrected chi connectivity index (χ1v) is 18.3. The molecule has 1 fully saturated rings. The van der Waals surface area contributed by atoms with Gasteiger partial charge in [0, 0.05) is 0 Å². The molecule has 2 aromatic rings. The molecule has 0 saturated carbocycles. The molecule has 4 atom stereocenters. The van der Waals surface area contributed by atoms with Crippen molar-refractivity contribution in [2.24, 2.45) is 0 Å². The van der Waals surface area contributed by atoms with Crippen LogP contribution in [-0.4, -0.2) is 92.6 Å². The third-order valence-electron chi connectivity index (χ3n) is 5.96. The Hall–Kier alpha value is -1.58. The fourth-order valence-electron chi connectivity index (χ4n) is 3.93. The number of thiazole rings is 1. The molecular formula is C23H28FN4O4S2Tl. The van der Waals surface area contributed by atoms with Gasteiger partial charge >= 0.3 is 183 Å². The summed E-state index contributed by atoms with van der Waals surface area (Å²) in [7, 11) is 1.53. The summed E-state index contributed by atoms with van der Waals surface area (Å²) in [5.41, 5.74) is 4.55. The molecule has 0 unspecified atom stereocenters. The van der Waals surface area contributed by atoms with Crippen molar-refractivity contribution >= 4 is 61.6 Å². The van der Waals surface area contributed by atoms with E-state index in [9.17, 15) is 23.9 Å². The second kappa shape index (κ2) is 11.6. The number of hydrogen-bond acceptors (Lipinski definition) is 7. The van der Waals surface area contributed by atoms with Crippen LogP contribution in [0.4, 0.5) is 4.39 Å². The molecule has 3 rings (SSSR count). The Morgan fingerprint density at radius 3 is 2.54 bits per heavy atom. The average Bonchev–Trinajstić information content (AvgIpc) is 3.38. The molecule has 1 saturated heterocycles. The quantitative estimate of drug-likeness (QED) is 0.360. The number of aromatic nitrogens is 1. The van der Waals surface area contributed by atoms with Gasteiger partial charge in [-0.25, -0.2) is 4.98 Å². The van der Waals surface area contributed by atoms with E-state index in [0.29, 0.717) is 24.3 Å². The molecule has 1 aliphatic heterocycles. The van der Waals surface area contributed by atoms with Crippen LogP contribution in [0.15, 0.2) is 29.8 Å². The summed E-state index contributed by atoms with van der Waals surface area (Å²) in [6.07, 6.45) is -3.41. The van der Waals surface area contributed by atoms with Crippen molar-refractivity contribution in [1.82, 2.24) is 20.5 Å². The predicted octanol–water partition coefficient (Wildman–Crippen LogP) is 1.74. The van der Waals surface area contributed by atoms with Gasteiger partial charge in [-0.2, -0.15) is 0 Å². The number of nitrogens with zero attached hydrogens (tertiary/aromatic N) is 2. The molecule has 0 spiro atoms. The topological polar surface area (TPSA) is 112 Å². The maximum atomic E-state index is 14.9. The number of halogens is 1. The molecule has 186 valence electrons. The van der Waals surface area contributed by atoms with Crippen LogP contribution >= 0.6 is 19.6 Å². The zero-order valence-corrected chi connectivity index (χ0v) is 26.1. The van der Waals surface area contributed by atoms with E-state index in [1.54, 1.807) is 16.8 Å². The number of benzene rings is 1. The van der Waals surface area contributed by atoms with Gasteiger partial charge in [-0.3, -0.25) is 0 Å². The van der Waals surface area contributed by atoms with Gasteiger partial charge in [0.1, 0.15) is 0 Å². The fraction of sp³-hybridized carbons (Fsp3) is 0.478. The Bertz CT molecular complexity index is 1080. The Morgan fingerprint density at radius 2 is 2.00 bits per heavy atom. The van der Waals surface area contributed by atoms with Gasteiger partial charge in [0.2, 0.25) is 0 Å². The van der Waals surface area contributed by atoms with Crippen LogP contribution in [0.5, 0.6) is 0 Å². The second-order valence-corrected chi connectivity index (χ2v) is 13.9. The molecule has 35 heavy (non-hydrogen) atoms. The van der Waals surface area contributed by atoms with Crippen molar-refractivity contribution < 1.29 is 23.9 Å². The van der Waals surface area contributed by atoms with Crippen LogP contribution in [-0.2, 0) is 20.9 Å². The number of nitrogens with one attached hydrogen (secondary N) is 2. The van der Waals surface area contributed by atoms with Crippen molar-refractivity contribution in [3.63, 3.8) is 0 Å². The number of carbonyl (C=O) groups is 3. The Morgan fingerprint density at radius 1 is 1.34 bits per heavy atom. The number of alkyl halides is 1. The molecule has 2 heterocycles. The molecule has 8 nitrogen and oxygen atoms in total. The summed E-state index contributed by atoms with van der Waals surface area (Å²) in [5.74, 6) is -1.67. The molecule has 0 bridgehead atoms. The number of aliphatic hydroxyl groups is 1. The van der Waals surface area contributed by atoms with Gasteiger partial charge in [0.15, 0.2) is 0 Å². The maximum absolute atomic E-state index is 14.9. The molecule has 0 aliphatic carbocycles. The van der Waals surface area contributed by atoms with Gasteiger partial charge in [-0.15, -0.1) is 11.3 Å². The predicted molar refractivity (Wildman–Crippen MR) is 136 cm³/mol. The molecule has 1 aromatic heterocycles. The number of amides is 3. The van der Waals surface area contributed by atoms with E-state index in [1.165, 1.54) is 15.2 Å². The first-order valence-electron chi connectivity index (χ1n) is 11.0. The Balaban J connectivity index is 1.73. The minimum atomic E-state index is -1.93. The summed E-state index contributed by atoms with van der Waals surface area (Å²) in [6, 6.07) is 5.17. The van der Waals surface area contributed by atoms with E-state index >= 15 is 0 Å². The second-order valence-electron chi connectivity index (χ2n) is 8.98. The Labute approximate surface area is 226 Å². The monoisotopic (exact) mass is 712 g/mol. The standard InChI is InChI=1S/C23H29FN4O4S2.Tl/c1-12-19(34-11-26-12)15-7-5-14(6-8-15)9-25-21(31)18-17(24)16(30)10-28(18)22(32)20(23(3,4)33)27-13(2)29;/h5-8,11,16-18,20,30,33H,9-10H2,1-4H3,(H,25,31)(H,27,29);/q;+1/p-1/t16-,17-,18-,20+;/m0./s1. The van der Waals surface area contributed by atoms with Gasteiger partial charge < -0.3 is 0 Å². The normalized spacial score (nSPS) is 20.9. The number of aryl methyl sites for hydroxylation is 1. The summed E-state index contributed by atoms with van der Waals surface area (Å²) < 4.78 is 14.3. The minimum absolute atomic E-state index is 0.139. The van der Waals surface area contributed by atoms with Crippen molar-refractivity contribution in [1.29, 1.82) is 0 Å². The average molecular weight is 712 g/mol. The van der Waals surface area contributed by atoms with E-state index in [0.717, 1.165) is 26.6 Å². The van der Waals surface area contributed by atoms with Gasteiger partial charge in [0.05, 0.1) is 16.1 Å². The van der Waals surface area contributed by atoms with E-state index in [4.69, 9.17) is 0 Å². The summed E-state index contributed by atoms with van der Waals surface area (Å²) in [4.78, 5) is 44.6. The number of rotatable bonds is 8. The van der Waals surface area contributed by atoms with E-state index in [1.807, 2.05) is 45.0 Å². The summed E-state index contributed by atoms with van der Waals surface area (Å²) in [6.45, 7) is 6.71. The first-order chi connectivity index (χ1) is 16.5. The van der Waals surface area contributed by atoms with Crippen LogP contribution in [0.3, 0.4) is 0 Å². The number of aliphatic hydroxyl groups excluding tert-OH is 1. The van der Waals surface area contributed by atoms with Crippen LogP contribution in [0, 0.1) is 6.92 Å². The van der Waals surface area contributed by atoms with E-state index in [2.05, 4.69) is 15.6 Å². The van der Waals surface area contributed by atoms with Crippen molar-refractivity contribution in [2.45, 2.75) is 63.3 Å². The molecular weight excluding hydrogens is 684 g/mol. The van der Waals surface area contributed by atoms with E-state index in [-0.39, 0.29) is 13.1 Å². The third-order valence-corrected chi connectivity index (χ3v) is 14.9.